The van der Waals surface area contributed by atoms with Crippen LogP contribution >= 0.6 is 0 Å². The maximum atomic E-state index is 12.1. The van der Waals surface area contributed by atoms with Gasteiger partial charge in [-0.1, -0.05) is 11.6 Å². The summed E-state index contributed by atoms with van der Waals surface area (Å²) in [6, 6.07) is 5.21. The smallest absolute Gasteiger partial charge is 0.272 e. The molecular formula is C13H13N3O. The summed E-state index contributed by atoms with van der Waals surface area (Å²) in [6.07, 6.45) is 4.48. The van der Waals surface area contributed by atoms with Crippen LogP contribution in [0.25, 0.3) is 0 Å². The number of nitriles is 1. The highest BCUT2D eigenvalue weighted by Crippen LogP contribution is 2.12. The van der Waals surface area contributed by atoms with Gasteiger partial charge in [0.05, 0.1) is 5.56 Å². The van der Waals surface area contributed by atoms with E-state index in [4.69, 9.17) is 5.26 Å². The second-order valence-electron chi connectivity index (χ2n) is 4.11. The van der Waals surface area contributed by atoms with E-state index in [0.29, 0.717) is 17.8 Å². The SMILES string of the molecule is CC1=CCCN(C(=O)c2ccc(C#N)cn2)C1. The minimum absolute atomic E-state index is 0.0676. The van der Waals surface area contributed by atoms with Gasteiger partial charge in [0, 0.05) is 19.3 Å². The van der Waals surface area contributed by atoms with Crippen molar-refractivity contribution in [3.8, 4) is 6.07 Å². The molecule has 0 saturated carbocycles. The second-order valence-corrected chi connectivity index (χ2v) is 4.11. The summed E-state index contributed by atoms with van der Waals surface area (Å²) in [7, 11) is 0. The minimum atomic E-state index is -0.0676. The molecule has 0 spiro atoms. The Bertz CT molecular complexity index is 496. The van der Waals surface area contributed by atoms with E-state index >= 15 is 0 Å². The van der Waals surface area contributed by atoms with Crippen LogP contribution in [-0.4, -0.2) is 28.9 Å². The third-order valence-electron chi connectivity index (χ3n) is 2.73. The summed E-state index contributed by atoms with van der Waals surface area (Å²) in [6.45, 7) is 3.42. The Hall–Kier alpha value is -2.15. The van der Waals surface area contributed by atoms with E-state index in [0.717, 1.165) is 13.0 Å². The van der Waals surface area contributed by atoms with E-state index in [9.17, 15) is 4.79 Å². The highest BCUT2D eigenvalue weighted by Gasteiger charge is 2.18. The zero-order valence-electron chi connectivity index (χ0n) is 9.68. The van der Waals surface area contributed by atoms with Crippen molar-refractivity contribution in [1.29, 1.82) is 5.26 Å². The Morgan fingerprint density at radius 1 is 1.53 bits per heavy atom. The van der Waals surface area contributed by atoms with Gasteiger partial charge in [0.1, 0.15) is 11.8 Å². The molecule has 1 aromatic heterocycles. The molecule has 4 nitrogen and oxygen atoms in total. The molecule has 1 aliphatic rings. The molecule has 2 heterocycles. The number of aromatic nitrogens is 1. The van der Waals surface area contributed by atoms with Crippen LogP contribution in [0.15, 0.2) is 30.0 Å². The summed E-state index contributed by atoms with van der Waals surface area (Å²) in [5.41, 5.74) is 2.08. The monoisotopic (exact) mass is 227 g/mol. The van der Waals surface area contributed by atoms with Crippen LogP contribution in [0.1, 0.15) is 29.4 Å². The maximum Gasteiger partial charge on any atom is 0.272 e. The standard InChI is InChI=1S/C13H13N3O/c1-10-3-2-6-16(9-10)13(17)12-5-4-11(7-14)8-15-12/h3-5,8H,2,6,9H2,1H3. The van der Waals surface area contributed by atoms with Gasteiger partial charge in [-0.3, -0.25) is 4.79 Å². The fraction of sp³-hybridized carbons (Fsp3) is 0.308. The van der Waals surface area contributed by atoms with Crippen molar-refractivity contribution >= 4 is 5.91 Å². The van der Waals surface area contributed by atoms with Crippen LogP contribution in [0.3, 0.4) is 0 Å². The quantitative estimate of drug-likeness (QED) is 0.687. The number of hydrogen-bond donors (Lipinski definition) is 0. The van der Waals surface area contributed by atoms with Crippen molar-refractivity contribution in [2.24, 2.45) is 0 Å². The van der Waals surface area contributed by atoms with Gasteiger partial charge >= 0.3 is 0 Å². The average Bonchev–Trinajstić information content (AvgIpc) is 2.38. The van der Waals surface area contributed by atoms with E-state index in [1.54, 1.807) is 17.0 Å². The first-order valence-corrected chi connectivity index (χ1v) is 5.52. The Kier molecular flexibility index (Phi) is 3.20. The van der Waals surface area contributed by atoms with Gasteiger partial charge < -0.3 is 4.90 Å². The number of carbonyl (C=O) groups is 1. The second kappa shape index (κ2) is 4.79. The lowest BCUT2D eigenvalue weighted by atomic mass is 10.1. The maximum absolute atomic E-state index is 12.1. The molecule has 86 valence electrons. The molecule has 0 fully saturated rings. The zero-order chi connectivity index (χ0) is 12.3. The van der Waals surface area contributed by atoms with Crippen molar-refractivity contribution in [2.45, 2.75) is 13.3 Å². The van der Waals surface area contributed by atoms with Gasteiger partial charge in [-0.05, 0) is 25.5 Å². The molecule has 0 aromatic carbocycles. The number of nitrogens with zero attached hydrogens (tertiary/aromatic N) is 3. The topological polar surface area (TPSA) is 57.0 Å². The fourth-order valence-electron chi connectivity index (χ4n) is 1.83. The number of pyridine rings is 1. The Balaban J connectivity index is 2.14. The molecule has 0 bridgehead atoms. The van der Waals surface area contributed by atoms with Crippen molar-refractivity contribution in [3.05, 3.63) is 41.2 Å². The van der Waals surface area contributed by atoms with Crippen molar-refractivity contribution in [2.75, 3.05) is 13.1 Å². The summed E-state index contributed by atoms with van der Waals surface area (Å²) in [5, 5.41) is 8.66. The lowest BCUT2D eigenvalue weighted by Crippen LogP contribution is -2.35. The molecule has 1 amide bonds. The van der Waals surface area contributed by atoms with Crippen LogP contribution < -0.4 is 0 Å². The molecule has 0 aliphatic carbocycles. The van der Waals surface area contributed by atoms with Gasteiger partial charge in [0.2, 0.25) is 0 Å². The highest BCUT2D eigenvalue weighted by molar-refractivity contribution is 5.92. The van der Waals surface area contributed by atoms with Gasteiger partial charge in [0.25, 0.3) is 5.91 Å². The van der Waals surface area contributed by atoms with Crippen LogP contribution in [0.2, 0.25) is 0 Å². The first-order valence-electron chi connectivity index (χ1n) is 5.52. The van der Waals surface area contributed by atoms with Crippen molar-refractivity contribution in [1.82, 2.24) is 9.88 Å². The molecular weight excluding hydrogens is 214 g/mol. The average molecular weight is 227 g/mol. The number of carbonyl (C=O) groups excluding carboxylic acids is 1. The predicted octanol–water partition coefficient (Wildman–Crippen LogP) is 1.75. The van der Waals surface area contributed by atoms with Crippen LogP contribution in [0.5, 0.6) is 0 Å². The number of hydrogen-bond acceptors (Lipinski definition) is 3. The van der Waals surface area contributed by atoms with Gasteiger partial charge in [-0.25, -0.2) is 4.98 Å². The van der Waals surface area contributed by atoms with E-state index in [1.807, 2.05) is 13.0 Å². The molecule has 2 rings (SSSR count). The number of rotatable bonds is 1. The third kappa shape index (κ3) is 2.51. The Morgan fingerprint density at radius 2 is 2.35 bits per heavy atom. The van der Waals surface area contributed by atoms with E-state index in [2.05, 4.69) is 11.1 Å². The minimum Gasteiger partial charge on any atom is -0.333 e. The molecule has 0 unspecified atom stereocenters. The summed E-state index contributed by atoms with van der Waals surface area (Å²) >= 11 is 0. The lowest BCUT2D eigenvalue weighted by Gasteiger charge is -2.25. The number of amides is 1. The molecule has 1 aromatic rings. The molecule has 0 atom stereocenters. The summed E-state index contributed by atoms with van der Waals surface area (Å²) in [4.78, 5) is 17.9. The molecule has 4 heteroatoms. The van der Waals surface area contributed by atoms with Crippen LogP contribution in [-0.2, 0) is 0 Å². The Morgan fingerprint density at radius 3 is 2.94 bits per heavy atom. The van der Waals surface area contributed by atoms with E-state index in [1.165, 1.54) is 11.8 Å². The third-order valence-corrected chi connectivity index (χ3v) is 2.73. The fourth-order valence-corrected chi connectivity index (χ4v) is 1.83. The molecule has 1 aliphatic heterocycles. The van der Waals surface area contributed by atoms with Gasteiger partial charge in [0.15, 0.2) is 0 Å². The molecule has 0 saturated heterocycles. The predicted molar refractivity (Wildman–Crippen MR) is 63.2 cm³/mol. The van der Waals surface area contributed by atoms with Gasteiger partial charge in [-0.2, -0.15) is 5.26 Å². The molecule has 0 radical (unpaired) electrons. The summed E-state index contributed by atoms with van der Waals surface area (Å²) < 4.78 is 0. The van der Waals surface area contributed by atoms with Crippen LogP contribution in [0, 0.1) is 11.3 Å². The molecule has 17 heavy (non-hydrogen) atoms. The van der Waals surface area contributed by atoms with Crippen LogP contribution in [0.4, 0.5) is 0 Å². The van der Waals surface area contributed by atoms with E-state index < -0.39 is 0 Å². The summed E-state index contributed by atoms with van der Waals surface area (Å²) in [5.74, 6) is -0.0676. The van der Waals surface area contributed by atoms with Gasteiger partial charge in [-0.15, -0.1) is 0 Å². The first-order chi connectivity index (χ1) is 8.20. The van der Waals surface area contributed by atoms with Crippen molar-refractivity contribution in [3.63, 3.8) is 0 Å². The first kappa shape index (κ1) is 11.3. The van der Waals surface area contributed by atoms with Crippen molar-refractivity contribution < 1.29 is 4.79 Å². The highest BCUT2D eigenvalue weighted by atomic mass is 16.2. The largest absolute Gasteiger partial charge is 0.333 e. The zero-order valence-corrected chi connectivity index (χ0v) is 9.68. The van der Waals surface area contributed by atoms with E-state index in [-0.39, 0.29) is 5.91 Å². The molecule has 0 N–H and O–H groups in total. The Labute approximate surface area is 100 Å². The normalized spacial score (nSPS) is 15.1. The lowest BCUT2D eigenvalue weighted by molar-refractivity contribution is 0.0760.